The molecule has 0 aliphatic rings. The van der Waals surface area contributed by atoms with Gasteiger partial charge in [0.05, 0.1) is 17.7 Å². The molecule has 0 atom stereocenters. The van der Waals surface area contributed by atoms with Crippen LogP contribution in [0, 0.1) is 13.8 Å². The molecule has 2 aromatic rings. The van der Waals surface area contributed by atoms with Gasteiger partial charge in [-0.05, 0) is 37.6 Å². The molecule has 0 heterocycles. The monoisotopic (exact) mass is 321 g/mol. The van der Waals surface area contributed by atoms with Crippen LogP contribution in [-0.4, -0.2) is 13.1 Å². The highest BCUT2D eigenvalue weighted by molar-refractivity contribution is 7.99. The van der Waals surface area contributed by atoms with E-state index in [1.165, 1.54) is 24.4 Å². The van der Waals surface area contributed by atoms with E-state index in [9.17, 15) is 4.79 Å². The number of carbonyl (C=O) groups excluding carboxylic acids is 1. The molecule has 0 radical (unpaired) electrons. The van der Waals surface area contributed by atoms with Gasteiger partial charge in [-0.25, -0.2) is 4.79 Å². The number of ether oxygens (including phenoxy) is 1. The lowest BCUT2D eigenvalue weighted by Gasteiger charge is -2.12. The summed E-state index contributed by atoms with van der Waals surface area (Å²) < 4.78 is 4.81. The molecule has 5 heteroatoms. The summed E-state index contributed by atoms with van der Waals surface area (Å²) in [7, 11) is 1.34. The van der Waals surface area contributed by atoms with Gasteiger partial charge in [0.15, 0.2) is 0 Å². The number of nitrogens with two attached hydrogens (primary N) is 1. The summed E-state index contributed by atoms with van der Waals surface area (Å²) in [4.78, 5) is 13.6. The van der Waals surface area contributed by atoms with E-state index < -0.39 is 5.97 Å². The number of halogens is 1. The van der Waals surface area contributed by atoms with Crippen molar-refractivity contribution in [3.63, 3.8) is 0 Å². The number of aryl methyl sites for hydroxylation is 2. The van der Waals surface area contributed by atoms with Crippen LogP contribution in [-0.2, 0) is 4.74 Å². The van der Waals surface area contributed by atoms with Crippen molar-refractivity contribution in [2.24, 2.45) is 0 Å². The summed E-state index contributed by atoms with van der Waals surface area (Å²) in [5.74, 6) is -0.448. The minimum absolute atomic E-state index is 0.382. The molecule has 2 rings (SSSR count). The number of hydrogen-bond donors (Lipinski definition) is 1. The third-order valence-electron chi connectivity index (χ3n) is 3.01. The fourth-order valence-electron chi connectivity index (χ4n) is 2.00. The maximum absolute atomic E-state index is 11.9. The zero-order chi connectivity index (χ0) is 15.6. The highest BCUT2D eigenvalue weighted by Crippen LogP contribution is 2.39. The molecule has 0 fully saturated rings. The quantitative estimate of drug-likeness (QED) is 0.669. The topological polar surface area (TPSA) is 52.3 Å². The van der Waals surface area contributed by atoms with Crippen molar-refractivity contribution in [2.75, 3.05) is 12.8 Å². The van der Waals surface area contributed by atoms with Crippen molar-refractivity contribution in [1.29, 1.82) is 0 Å². The maximum atomic E-state index is 11.9. The molecular formula is C16H16ClNO2S. The van der Waals surface area contributed by atoms with Gasteiger partial charge in [0.25, 0.3) is 0 Å². The third kappa shape index (κ3) is 3.52. The van der Waals surface area contributed by atoms with E-state index in [0.29, 0.717) is 21.2 Å². The molecule has 110 valence electrons. The van der Waals surface area contributed by atoms with Crippen LogP contribution < -0.4 is 5.73 Å². The minimum atomic E-state index is -0.448. The Balaban J connectivity index is 2.50. The van der Waals surface area contributed by atoms with Crippen molar-refractivity contribution in [3.8, 4) is 0 Å². The van der Waals surface area contributed by atoms with Gasteiger partial charge in [0, 0.05) is 15.5 Å². The Hall–Kier alpha value is -1.65. The molecule has 0 aliphatic carbocycles. The zero-order valence-corrected chi connectivity index (χ0v) is 13.6. The molecule has 0 aromatic heterocycles. The summed E-state index contributed by atoms with van der Waals surface area (Å²) in [6.45, 7) is 4.07. The van der Waals surface area contributed by atoms with E-state index >= 15 is 0 Å². The molecule has 0 aliphatic heterocycles. The van der Waals surface area contributed by atoms with Crippen LogP contribution in [0.4, 0.5) is 5.69 Å². The largest absolute Gasteiger partial charge is 0.465 e. The number of nitrogen functional groups attached to an aromatic ring is 1. The Kier molecular flexibility index (Phi) is 4.80. The van der Waals surface area contributed by atoms with Gasteiger partial charge in [-0.3, -0.25) is 0 Å². The zero-order valence-electron chi connectivity index (χ0n) is 12.1. The summed E-state index contributed by atoms with van der Waals surface area (Å²) in [5, 5.41) is 0.445. The van der Waals surface area contributed by atoms with Crippen LogP contribution in [0.25, 0.3) is 0 Å². The number of benzene rings is 2. The lowest BCUT2D eigenvalue weighted by Crippen LogP contribution is -2.05. The average Bonchev–Trinajstić information content (AvgIpc) is 2.42. The average molecular weight is 322 g/mol. The molecule has 2 N–H and O–H groups in total. The van der Waals surface area contributed by atoms with Crippen molar-refractivity contribution < 1.29 is 9.53 Å². The van der Waals surface area contributed by atoms with Crippen LogP contribution in [0.2, 0.25) is 5.02 Å². The van der Waals surface area contributed by atoms with E-state index in [1.54, 1.807) is 12.1 Å². The lowest BCUT2D eigenvalue weighted by atomic mass is 10.2. The first-order chi connectivity index (χ1) is 9.92. The van der Waals surface area contributed by atoms with Crippen molar-refractivity contribution >= 4 is 35.0 Å². The van der Waals surface area contributed by atoms with Gasteiger partial charge < -0.3 is 10.5 Å². The predicted octanol–water partition coefficient (Wildman–Crippen LogP) is 4.48. The van der Waals surface area contributed by atoms with Crippen molar-refractivity contribution in [2.45, 2.75) is 23.6 Å². The molecule has 0 amide bonds. The van der Waals surface area contributed by atoms with E-state index in [1.807, 2.05) is 26.0 Å². The van der Waals surface area contributed by atoms with Crippen LogP contribution in [0.1, 0.15) is 21.5 Å². The number of esters is 1. The van der Waals surface area contributed by atoms with Crippen LogP contribution in [0.5, 0.6) is 0 Å². The van der Waals surface area contributed by atoms with Gasteiger partial charge in [-0.15, -0.1) is 0 Å². The van der Waals surface area contributed by atoms with Gasteiger partial charge in [0.2, 0.25) is 0 Å². The maximum Gasteiger partial charge on any atom is 0.339 e. The van der Waals surface area contributed by atoms with E-state index in [-0.39, 0.29) is 0 Å². The van der Waals surface area contributed by atoms with Crippen molar-refractivity contribution in [3.05, 3.63) is 52.0 Å². The Morgan fingerprint density at radius 1 is 1.24 bits per heavy atom. The fraction of sp³-hybridized carbons (Fsp3) is 0.188. The lowest BCUT2D eigenvalue weighted by molar-refractivity contribution is 0.0597. The number of rotatable bonds is 3. The van der Waals surface area contributed by atoms with Gasteiger partial charge in [0.1, 0.15) is 0 Å². The summed E-state index contributed by atoms with van der Waals surface area (Å²) in [5.41, 5.74) is 8.90. The smallest absolute Gasteiger partial charge is 0.339 e. The SMILES string of the molecule is COC(=O)c1cc(N)cc(Cl)c1Sc1ccc(C)cc1C. The summed E-state index contributed by atoms with van der Waals surface area (Å²) in [6.07, 6.45) is 0. The molecule has 0 unspecified atom stereocenters. The molecular weight excluding hydrogens is 306 g/mol. The van der Waals surface area contributed by atoms with Crippen molar-refractivity contribution in [1.82, 2.24) is 0 Å². The first-order valence-electron chi connectivity index (χ1n) is 6.35. The normalized spacial score (nSPS) is 10.5. The predicted molar refractivity (Wildman–Crippen MR) is 87.2 cm³/mol. The molecule has 0 spiro atoms. The van der Waals surface area contributed by atoms with Gasteiger partial charge in [-0.1, -0.05) is 41.1 Å². The second kappa shape index (κ2) is 6.41. The molecule has 3 nitrogen and oxygen atoms in total. The van der Waals surface area contributed by atoms with E-state index in [4.69, 9.17) is 22.1 Å². The summed E-state index contributed by atoms with van der Waals surface area (Å²) in [6, 6.07) is 9.36. The van der Waals surface area contributed by atoms with E-state index in [0.717, 1.165) is 10.5 Å². The Labute approximate surface area is 133 Å². The molecule has 0 saturated carbocycles. The summed E-state index contributed by atoms with van der Waals surface area (Å²) >= 11 is 7.70. The minimum Gasteiger partial charge on any atom is -0.465 e. The molecule has 2 aromatic carbocycles. The van der Waals surface area contributed by atoms with Crippen LogP contribution in [0.3, 0.4) is 0 Å². The third-order valence-corrected chi connectivity index (χ3v) is 4.75. The van der Waals surface area contributed by atoms with Crippen LogP contribution >= 0.6 is 23.4 Å². The standard InChI is InChI=1S/C16H16ClNO2S/c1-9-4-5-14(10(2)6-9)21-15-12(16(19)20-3)7-11(18)8-13(15)17/h4-8H,18H2,1-3H3. The molecule has 0 bridgehead atoms. The highest BCUT2D eigenvalue weighted by atomic mass is 35.5. The number of anilines is 1. The molecule has 21 heavy (non-hydrogen) atoms. The fourth-order valence-corrected chi connectivity index (χ4v) is 3.33. The second-order valence-corrected chi connectivity index (χ2v) is 6.20. The highest BCUT2D eigenvalue weighted by Gasteiger charge is 2.18. The number of carbonyl (C=O) groups is 1. The van der Waals surface area contributed by atoms with Crippen LogP contribution in [0.15, 0.2) is 40.1 Å². The Bertz CT molecular complexity index is 701. The first-order valence-corrected chi connectivity index (χ1v) is 7.54. The van der Waals surface area contributed by atoms with E-state index in [2.05, 4.69) is 6.07 Å². The first kappa shape index (κ1) is 15.7. The number of methoxy groups -OCH3 is 1. The Morgan fingerprint density at radius 2 is 1.95 bits per heavy atom. The van der Waals surface area contributed by atoms with Gasteiger partial charge in [-0.2, -0.15) is 0 Å². The Morgan fingerprint density at radius 3 is 2.57 bits per heavy atom. The number of hydrogen-bond acceptors (Lipinski definition) is 4. The van der Waals surface area contributed by atoms with Gasteiger partial charge >= 0.3 is 5.97 Å². The second-order valence-electron chi connectivity index (χ2n) is 4.74. The molecule has 0 saturated heterocycles.